The summed E-state index contributed by atoms with van der Waals surface area (Å²) in [6.07, 6.45) is 1.51. The number of hydrogen-bond acceptors (Lipinski definition) is 5. The lowest BCUT2D eigenvalue weighted by Crippen LogP contribution is -2.38. The molecule has 25 heavy (non-hydrogen) atoms. The van der Waals surface area contributed by atoms with Crippen molar-refractivity contribution in [1.82, 2.24) is 5.32 Å². The Kier molecular flexibility index (Phi) is 4.73. The first-order chi connectivity index (χ1) is 11.8. The Bertz CT molecular complexity index is 759. The highest BCUT2D eigenvalue weighted by molar-refractivity contribution is 6.22. The van der Waals surface area contributed by atoms with Crippen LogP contribution in [0.1, 0.15) is 12.2 Å². The molecular weight excluding hydrogens is 358 g/mol. The Morgan fingerprint density at radius 1 is 1.28 bits per heavy atom. The molecule has 0 aliphatic carbocycles. The predicted octanol–water partition coefficient (Wildman–Crippen LogP) is 2.87. The molecule has 1 aliphatic heterocycles. The van der Waals surface area contributed by atoms with Gasteiger partial charge in [-0.25, -0.2) is 4.90 Å². The van der Waals surface area contributed by atoms with Crippen molar-refractivity contribution in [3.05, 3.63) is 48.4 Å². The van der Waals surface area contributed by atoms with Crippen LogP contribution in [0.4, 0.5) is 14.5 Å². The van der Waals surface area contributed by atoms with Crippen molar-refractivity contribution in [1.29, 1.82) is 0 Å². The van der Waals surface area contributed by atoms with Crippen LogP contribution >= 0.6 is 11.6 Å². The van der Waals surface area contributed by atoms with Crippen LogP contribution in [0, 0.1) is 0 Å². The fourth-order valence-corrected chi connectivity index (χ4v) is 2.59. The smallest absolute Gasteiger partial charge is 0.468 e. The number of carbonyl (C=O) groups excluding carboxylic acids is 2. The molecule has 2 heterocycles. The second-order valence-electron chi connectivity index (χ2n) is 5.33. The molecule has 9 heteroatoms. The number of hydrogen-bond donors (Lipinski definition) is 1. The van der Waals surface area contributed by atoms with Crippen molar-refractivity contribution >= 4 is 29.1 Å². The topological polar surface area (TPSA) is 71.8 Å². The molecule has 0 spiro atoms. The van der Waals surface area contributed by atoms with Gasteiger partial charge in [0.15, 0.2) is 0 Å². The number of halogens is 3. The molecule has 0 saturated carbocycles. The number of ether oxygens (including phenoxy) is 1. The molecule has 1 aromatic carbocycles. The molecule has 1 saturated heterocycles. The number of nitrogens with zero attached hydrogens (tertiary/aromatic N) is 1. The molecule has 1 aromatic heterocycles. The normalized spacial score (nSPS) is 18.0. The maximum atomic E-state index is 12.6. The molecule has 2 amide bonds. The molecule has 0 radical (unpaired) electrons. The van der Waals surface area contributed by atoms with Gasteiger partial charge in [0.2, 0.25) is 5.91 Å². The third-order valence-electron chi connectivity index (χ3n) is 3.58. The van der Waals surface area contributed by atoms with E-state index in [0.29, 0.717) is 12.3 Å². The number of nitrogens with one attached hydrogen (secondary N) is 1. The van der Waals surface area contributed by atoms with E-state index in [1.807, 2.05) is 0 Å². The monoisotopic (exact) mass is 370 g/mol. The molecule has 3 rings (SSSR count). The first-order valence-corrected chi connectivity index (χ1v) is 7.70. The second kappa shape index (κ2) is 6.81. The number of anilines is 1. The molecule has 1 fully saturated rings. The zero-order valence-electron chi connectivity index (χ0n) is 12.7. The molecule has 2 aromatic rings. The average molecular weight is 371 g/mol. The van der Waals surface area contributed by atoms with E-state index in [9.17, 15) is 18.4 Å². The molecule has 1 unspecified atom stereocenters. The third-order valence-corrected chi connectivity index (χ3v) is 3.66. The van der Waals surface area contributed by atoms with Gasteiger partial charge < -0.3 is 9.15 Å². The summed E-state index contributed by atoms with van der Waals surface area (Å²) in [6.45, 7) is 0.308. The summed E-state index contributed by atoms with van der Waals surface area (Å²) in [5.41, 5.74) is -3.57. The van der Waals surface area contributed by atoms with Crippen LogP contribution in [0.15, 0.2) is 47.1 Å². The number of rotatable bonds is 6. The van der Waals surface area contributed by atoms with Crippen molar-refractivity contribution in [3.63, 3.8) is 0 Å². The third kappa shape index (κ3) is 4.15. The predicted molar refractivity (Wildman–Crippen MR) is 84.3 cm³/mol. The highest BCUT2D eigenvalue weighted by atomic mass is 35.5. The fraction of sp³-hybridized carbons (Fsp3) is 0.250. The van der Waals surface area contributed by atoms with Crippen LogP contribution in [-0.4, -0.2) is 23.4 Å². The van der Waals surface area contributed by atoms with E-state index in [-0.39, 0.29) is 17.9 Å². The highest BCUT2D eigenvalue weighted by Crippen LogP contribution is 2.29. The van der Waals surface area contributed by atoms with Crippen molar-refractivity contribution in [2.45, 2.75) is 24.6 Å². The van der Waals surface area contributed by atoms with Crippen LogP contribution in [0.25, 0.3) is 0 Å². The van der Waals surface area contributed by atoms with Crippen LogP contribution in [0.5, 0.6) is 5.75 Å². The molecular formula is C16H13ClF2N2O4. The molecule has 6 nitrogen and oxygen atoms in total. The van der Waals surface area contributed by atoms with E-state index < -0.39 is 23.4 Å². The maximum Gasteiger partial charge on any atom is 0.487 e. The average Bonchev–Trinajstić information content (AvgIpc) is 3.13. The Labute approximate surface area is 146 Å². The van der Waals surface area contributed by atoms with E-state index in [0.717, 1.165) is 4.90 Å². The molecule has 1 N–H and O–H groups in total. The van der Waals surface area contributed by atoms with Crippen LogP contribution in [-0.2, 0) is 16.1 Å². The summed E-state index contributed by atoms with van der Waals surface area (Å²) >= 11 is 4.69. The van der Waals surface area contributed by atoms with Crippen molar-refractivity contribution in [3.8, 4) is 5.75 Å². The number of carbonyl (C=O) groups is 2. The molecule has 0 bridgehead atoms. The van der Waals surface area contributed by atoms with E-state index in [2.05, 4.69) is 21.7 Å². The van der Waals surface area contributed by atoms with Crippen LogP contribution in [0.2, 0.25) is 0 Å². The molecule has 132 valence electrons. The first-order valence-electron chi connectivity index (χ1n) is 7.32. The van der Waals surface area contributed by atoms with E-state index in [1.54, 1.807) is 12.1 Å². The Hall–Kier alpha value is -2.45. The Morgan fingerprint density at radius 2 is 2.00 bits per heavy atom. The number of alkyl halides is 3. The molecule has 1 atom stereocenters. The summed E-state index contributed by atoms with van der Waals surface area (Å²) in [5.74, 6) is -0.358. The minimum Gasteiger partial charge on any atom is -0.468 e. The second-order valence-corrected chi connectivity index (χ2v) is 5.77. The largest absolute Gasteiger partial charge is 0.487 e. The van der Waals surface area contributed by atoms with Crippen molar-refractivity contribution in [2.24, 2.45) is 0 Å². The highest BCUT2D eigenvalue weighted by Gasteiger charge is 2.39. The summed E-state index contributed by atoms with van der Waals surface area (Å²) < 4.78 is 34.5. The van der Waals surface area contributed by atoms with Gasteiger partial charge in [-0.1, -0.05) is 0 Å². The number of benzene rings is 1. The Morgan fingerprint density at radius 3 is 2.60 bits per heavy atom. The van der Waals surface area contributed by atoms with Crippen molar-refractivity contribution in [2.75, 3.05) is 4.90 Å². The quantitative estimate of drug-likeness (QED) is 0.625. The van der Waals surface area contributed by atoms with Gasteiger partial charge in [-0.15, -0.1) is 8.78 Å². The lowest BCUT2D eigenvalue weighted by atomic mass is 10.2. The standard InChI is InChI=1S/C16H13ClF2N2O4/c17-16(18,19)25-11-5-3-10(4-6-11)21-14(22)8-13(15(21)23)20-9-12-2-1-7-24-12/h1-7,13,20H,8-9H2. The van der Waals surface area contributed by atoms with Crippen LogP contribution < -0.4 is 15.0 Å². The van der Waals surface area contributed by atoms with Crippen molar-refractivity contribution < 1.29 is 27.5 Å². The summed E-state index contributed by atoms with van der Waals surface area (Å²) in [6, 6.07) is 7.87. The van der Waals surface area contributed by atoms with Gasteiger partial charge in [0.05, 0.1) is 31.0 Å². The van der Waals surface area contributed by atoms with Gasteiger partial charge in [0.25, 0.3) is 5.91 Å². The maximum absolute atomic E-state index is 12.6. The van der Waals surface area contributed by atoms with E-state index >= 15 is 0 Å². The summed E-state index contributed by atoms with van der Waals surface area (Å²) in [5, 5.41) is 2.96. The van der Waals surface area contributed by atoms with Gasteiger partial charge >= 0.3 is 5.57 Å². The number of amides is 2. The van der Waals surface area contributed by atoms with Gasteiger partial charge in [-0.2, -0.15) is 0 Å². The number of furan rings is 1. The van der Waals surface area contributed by atoms with Gasteiger partial charge in [-0.3, -0.25) is 14.9 Å². The lowest BCUT2D eigenvalue weighted by Gasteiger charge is -2.16. The summed E-state index contributed by atoms with van der Waals surface area (Å²) in [4.78, 5) is 25.6. The van der Waals surface area contributed by atoms with Gasteiger partial charge in [-0.05, 0) is 36.4 Å². The van der Waals surface area contributed by atoms with E-state index in [1.165, 1.54) is 30.5 Å². The minimum absolute atomic E-state index is 0.00244. The molecule has 1 aliphatic rings. The number of imide groups is 1. The SMILES string of the molecule is O=C1CC(NCc2ccco2)C(=O)N1c1ccc(OC(F)(F)Cl)cc1. The van der Waals surface area contributed by atoms with E-state index in [4.69, 9.17) is 4.42 Å². The Balaban J connectivity index is 1.67. The zero-order chi connectivity index (χ0) is 18.0. The van der Waals surface area contributed by atoms with Gasteiger partial charge in [0.1, 0.15) is 11.5 Å². The first kappa shape index (κ1) is 17.4. The zero-order valence-corrected chi connectivity index (χ0v) is 13.5. The van der Waals surface area contributed by atoms with Crippen LogP contribution in [0.3, 0.4) is 0 Å². The fourth-order valence-electron chi connectivity index (χ4n) is 2.50. The summed E-state index contributed by atoms with van der Waals surface area (Å²) in [7, 11) is 0. The van der Waals surface area contributed by atoms with Gasteiger partial charge in [0, 0.05) is 11.6 Å². The minimum atomic E-state index is -3.83. The lowest BCUT2D eigenvalue weighted by molar-refractivity contribution is -0.121.